The first-order valence-corrected chi connectivity index (χ1v) is 6.25. The van der Waals surface area contributed by atoms with Gasteiger partial charge in [0.25, 0.3) is 0 Å². The molecule has 1 aliphatic rings. The predicted octanol–water partition coefficient (Wildman–Crippen LogP) is 2.85. The number of fused-ring (bicyclic) bond motifs is 1. The highest BCUT2D eigenvalue weighted by atomic mass is 16.3. The van der Waals surface area contributed by atoms with Gasteiger partial charge in [-0.2, -0.15) is 5.26 Å². The Kier molecular flexibility index (Phi) is 2.97. The van der Waals surface area contributed by atoms with E-state index in [-0.39, 0.29) is 0 Å². The molecule has 1 aromatic rings. The number of hydrogen-bond donors (Lipinski definition) is 1. The van der Waals surface area contributed by atoms with Crippen LogP contribution in [-0.4, -0.2) is 10.7 Å². The average molecular weight is 229 g/mol. The minimum Gasteiger partial charge on any atom is -0.388 e. The summed E-state index contributed by atoms with van der Waals surface area (Å²) in [5.41, 5.74) is 0.873. The highest BCUT2D eigenvalue weighted by Crippen LogP contribution is 2.46. The zero-order valence-electron chi connectivity index (χ0n) is 10.5. The molecule has 1 aliphatic carbocycles. The van der Waals surface area contributed by atoms with Crippen LogP contribution < -0.4 is 0 Å². The third-order valence-electron chi connectivity index (χ3n) is 4.08. The van der Waals surface area contributed by atoms with E-state index in [2.05, 4.69) is 18.2 Å². The van der Waals surface area contributed by atoms with Crippen LogP contribution in [0.15, 0.2) is 24.3 Å². The Morgan fingerprint density at radius 2 is 1.88 bits per heavy atom. The molecule has 0 amide bonds. The summed E-state index contributed by atoms with van der Waals surface area (Å²) in [6.45, 7) is 3.85. The molecule has 0 saturated heterocycles. The van der Waals surface area contributed by atoms with Crippen LogP contribution in [-0.2, 0) is 12.8 Å². The molecule has 2 heteroatoms. The van der Waals surface area contributed by atoms with Gasteiger partial charge < -0.3 is 5.11 Å². The third-order valence-corrected chi connectivity index (χ3v) is 4.08. The second-order valence-electron chi connectivity index (χ2n) is 5.34. The molecule has 17 heavy (non-hydrogen) atoms. The van der Waals surface area contributed by atoms with E-state index in [0.29, 0.717) is 19.3 Å². The molecule has 1 unspecified atom stereocenters. The Hall–Kier alpha value is -1.33. The number of aliphatic hydroxyl groups is 1. The first-order chi connectivity index (χ1) is 8.04. The molecule has 1 aromatic carbocycles. The lowest BCUT2D eigenvalue weighted by Crippen LogP contribution is -2.45. The van der Waals surface area contributed by atoms with Crippen LogP contribution in [0.25, 0.3) is 0 Å². The van der Waals surface area contributed by atoms with E-state index in [1.807, 2.05) is 26.0 Å². The summed E-state index contributed by atoms with van der Waals surface area (Å²) in [7, 11) is 0. The van der Waals surface area contributed by atoms with E-state index in [9.17, 15) is 10.4 Å². The van der Waals surface area contributed by atoms with Crippen molar-refractivity contribution in [2.75, 3.05) is 0 Å². The van der Waals surface area contributed by atoms with Gasteiger partial charge in [0.1, 0.15) is 0 Å². The standard InChI is InChI=1S/C15H19NO/c1-3-8-14(2,17)15(11-16)9-12-6-4-5-7-13(12)10-15/h4-7,17H,3,8-10H2,1-2H3. The van der Waals surface area contributed by atoms with E-state index in [1.54, 1.807) is 0 Å². The Labute approximate surface area is 103 Å². The van der Waals surface area contributed by atoms with Gasteiger partial charge in [0.2, 0.25) is 0 Å². The van der Waals surface area contributed by atoms with Crippen molar-refractivity contribution in [1.82, 2.24) is 0 Å². The highest BCUT2D eigenvalue weighted by Gasteiger charge is 2.50. The second kappa shape index (κ2) is 4.16. The number of nitriles is 1. The normalized spacial score (nSPS) is 20.4. The molecule has 0 spiro atoms. The van der Waals surface area contributed by atoms with Crippen molar-refractivity contribution in [3.63, 3.8) is 0 Å². The van der Waals surface area contributed by atoms with E-state index >= 15 is 0 Å². The third kappa shape index (κ3) is 1.85. The Balaban J connectivity index is 2.36. The van der Waals surface area contributed by atoms with Crippen LogP contribution in [0.4, 0.5) is 0 Å². The van der Waals surface area contributed by atoms with Crippen LogP contribution >= 0.6 is 0 Å². The molecule has 1 N–H and O–H groups in total. The summed E-state index contributed by atoms with van der Waals surface area (Å²) in [4.78, 5) is 0. The molecule has 0 aromatic heterocycles. The van der Waals surface area contributed by atoms with Crippen molar-refractivity contribution < 1.29 is 5.11 Å². The lowest BCUT2D eigenvalue weighted by Gasteiger charge is -2.37. The van der Waals surface area contributed by atoms with Crippen molar-refractivity contribution >= 4 is 0 Å². The SMILES string of the molecule is CCCC(C)(O)C1(C#N)Cc2ccccc2C1. The van der Waals surface area contributed by atoms with Gasteiger partial charge in [-0.1, -0.05) is 37.6 Å². The lowest BCUT2D eigenvalue weighted by molar-refractivity contribution is -0.0422. The van der Waals surface area contributed by atoms with Crippen molar-refractivity contribution in [3.8, 4) is 6.07 Å². The summed E-state index contributed by atoms with van der Waals surface area (Å²) in [6.07, 6.45) is 2.92. The van der Waals surface area contributed by atoms with Gasteiger partial charge in [-0.15, -0.1) is 0 Å². The van der Waals surface area contributed by atoms with Gasteiger partial charge in [-0.25, -0.2) is 0 Å². The first-order valence-electron chi connectivity index (χ1n) is 6.25. The maximum absolute atomic E-state index is 10.6. The van der Waals surface area contributed by atoms with Gasteiger partial charge in [0, 0.05) is 0 Å². The predicted molar refractivity (Wildman–Crippen MR) is 67.4 cm³/mol. The second-order valence-corrected chi connectivity index (χ2v) is 5.34. The van der Waals surface area contributed by atoms with Crippen LogP contribution in [0.2, 0.25) is 0 Å². The Morgan fingerprint density at radius 3 is 2.29 bits per heavy atom. The van der Waals surface area contributed by atoms with E-state index < -0.39 is 11.0 Å². The fourth-order valence-electron chi connectivity index (χ4n) is 2.92. The molecule has 1 atom stereocenters. The molecule has 90 valence electrons. The molecule has 0 fully saturated rings. The summed E-state index contributed by atoms with van der Waals surface area (Å²) >= 11 is 0. The summed E-state index contributed by atoms with van der Waals surface area (Å²) in [5.74, 6) is 0. The zero-order valence-corrected chi connectivity index (χ0v) is 10.5. The minimum absolute atomic E-state index is 0.646. The monoisotopic (exact) mass is 229 g/mol. The fourth-order valence-corrected chi connectivity index (χ4v) is 2.92. The Bertz CT molecular complexity index is 431. The smallest absolute Gasteiger partial charge is 0.0937 e. The van der Waals surface area contributed by atoms with Crippen molar-refractivity contribution in [3.05, 3.63) is 35.4 Å². The molecule has 0 heterocycles. The van der Waals surface area contributed by atoms with Crippen LogP contribution in [0.5, 0.6) is 0 Å². The maximum Gasteiger partial charge on any atom is 0.0937 e. The number of benzene rings is 1. The molecular formula is C15H19NO. The number of rotatable bonds is 3. The highest BCUT2D eigenvalue weighted by molar-refractivity contribution is 5.39. The molecule has 2 nitrogen and oxygen atoms in total. The molecule has 0 bridgehead atoms. The Morgan fingerprint density at radius 1 is 1.35 bits per heavy atom. The molecule has 0 saturated carbocycles. The van der Waals surface area contributed by atoms with Gasteiger partial charge in [-0.3, -0.25) is 0 Å². The van der Waals surface area contributed by atoms with Crippen molar-refractivity contribution in [1.29, 1.82) is 5.26 Å². The fraction of sp³-hybridized carbons (Fsp3) is 0.533. The summed E-state index contributed by atoms with van der Waals surface area (Å²) in [5, 5.41) is 20.2. The summed E-state index contributed by atoms with van der Waals surface area (Å²) in [6, 6.07) is 10.5. The first kappa shape index (κ1) is 12.1. The number of hydrogen-bond acceptors (Lipinski definition) is 2. The van der Waals surface area contributed by atoms with Gasteiger partial charge in [0.15, 0.2) is 0 Å². The van der Waals surface area contributed by atoms with E-state index in [0.717, 1.165) is 6.42 Å². The van der Waals surface area contributed by atoms with Crippen molar-refractivity contribution in [2.24, 2.45) is 5.41 Å². The molecular weight excluding hydrogens is 210 g/mol. The molecule has 0 aliphatic heterocycles. The van der Waals surface area contributed by atoms with E-state index in [1.165, 1.54) is 11.1 Å². The van der Waals surface area contributed by atoms with Crippen molar-refractivity contribution in [2.45, 2.75) is 45.1 Å². The minimum atomic E-state index is -0.907. The van der Waals surface area contributed by atoms with Crippen LogP contribution in [0, 0.1) is 16.7 Å². The van der Waals surface area contributed by atoms with E-state index in [4.69, 9.17) is 0 Å². The number of nitrogens with zero attached hydrogens (tertiary/aromatic N) is 1. The molecule has 2 rings (SSSR count). The van der Waals surface area contributed by atoms with Gasteiger partial charge >= 0.3 is 0 Å². The van der Waals surface area contributed by atoms with Gasteiger partial charge in [-0.05, 0) is 37.3 Å². The average Bonchev–Trinajstić information content (AvgIpc) is 2.69. The largest absolute Gasteiger partial charge is 0.388 e. The van der Waals surface area contributed by atoms with Gasteiger partial charge in [0.05, 0.1) is 17.1 Å². The molecule has 0 radical (unpaired) electrons. The topological polar surface area (TPSA) is 44.0 Å². The quantitative estimate of drug-likeness (QED) is 0.866. The maximum atomic E-state index is 10.6. The van der Waals surface area contributed by atoms with Crippen LogP contribution in [0.1, 0.15) is 37.8 Å². The summed E-state index contributed by atoms with van der Waals surface area (Å²) < 4.78 is 0. The van der Waals surface area contributed by atoms with Crippen LogP contribution in [0.3, 0.4) is 0 Å². The zero-order chi connectivity index (χ0) is 12.5. The lowest BCUT2D eigenvalue weighted by atomic mass is 9.69.